The lowest BCUT2D eigenvalue weighted by Gasteiger charge is -2.19. The highest BCUT2D eigenvalue weighted by atomic mass is 19.1. The van der Waals surface area contributed by atoms with E-state index in [0.29, 0.717) is 12.1 Å². The van der Waals surface area contributed by atoms with Crippen LogP contribution in [-0.4, -0.2) is 19.6 Å². The maximum absolute atomic E-state index is 14.9. The number of halogens is 1. The molecular weight excluding hydrogens is 455 g/mol. The summed E-state index contributed by atoms with van der Waals surface area (Å²) in [5.74, 6) is 6.13. The second-order valence-electron chi connectivity index (χ2n) is 9.15. The van der Waals surface area contributed by atoms with E-state index in [1.807, 2.05) is 51.1 Å². The molecule has 1 unspecified atom stereocenters. The number of rotatable bonds is 5. The van der Waals surface area contributed by atoms with Crippen LogP contribution in [0.15, 0.2) is 66.7 Å². The van der Waals surface area contributed by atoms with Crippen molar-refractivity contribution in [3.8, 4) is 23.0 Å². The summed E-state index contributed by atoms with van der Waals surface area (Å²) < 4.78 is 14.9. The Morgan fingerprint density at radius 3 is 2.24 bits per heavy atom. The van der Waals surface area contributed by atoms with Gasteiger partial charge in [-0.05, 0) is 73.7 Å². The first-order valence-electron chi connectivity index (χ1n) is 14.0. The SMILES string of the molecule is C1CCCNCC1.CC.CCCC#Cc1cccc(F)c1-c1cc(C(CN)c2ccccc2)ccc1C. The molecule has 0 aliphatic carbocycles. The van der Waals surface area contributed by atoms with Crippen molar-refractivity contribution in [3.05, 3.63) is 94.8 Å². The Morgan fingerprint density at radius 1 is 0.892 bits per heavy atom. The Bertz CT molecular complexity index is 1090. The average molecular weight is 501 g/mol. The Balaban J connectivity index is 0.000000455. The van der Waals surface area contributed by atoms with Gasteiger partial charge in [-0.25, -0.2) is 4.39 Å². The number of nitrogens with two attached hydrogens (primary N) is 1. The zero-order chi connectivity index (χ0) is 26.9. The third-order valence-corrected chi connectivity index (χ3v) is 6.44. The van der Waals surface area contributed by atoms with Crippen molar-refractivity contribution in [2.24, 2.45) is 5.73 Å². The summed E-state index contributed by atoms with van der Waals surface area (Å²) in [6.07, 6.45) is 7.44. The van der Waals surface area contributed by atoms with Crippen molar-refractivity contribution in [1.29, 1.82) is 0 Å². The second-order valence-corrected chi connectivity index (χ2v) is 9.15. The van der Waals surface area contributed by atoms with Gasteiger partial charge in [0.25, 0.3) is 0 Å². The Hall–Kier alpha value is -2.93. The molecule has 0 bridgehead atoms. The van der Waals surface area contributed by atoms with E-state index in [1.54, 1.807) is 6.07 Å². The molecule has 1 fully saturated rings. The number of benzene rings is 3. The minimum atomic E-state index is -0.243. The summed E-state index contributed by atoms with van der Waals surface area (Å²) in [5.41, 5.74) is 11.6. The van der Waals surface area contributed by atoms with Crippen LogP contribution in [-0.2, 0) is 0 Å². The smallest absolute Gasteiger partial charge is 0.132 e. The average Bonchev–Trinajstić information content (AvgIpc) is 3.26. The fourth-order valence-electron chi connectivity index (χ4n) is 4.44. The molecule has 0 saturated carbocycles. The van der Waals surface area contributed by atoms with Gasteiger partial charge >= 0.3 is 0 Å². The first-order valence-corrected chi connectivity index (χ1v) is 14.0. The maximum Gasteiger partial charge on any atom is 0.132 e. The minimum absolute atomic E-state index is 0.0712. The standard InChI is InChI=1S/C26H26FN.C6H13N.C2H6/c1-3-4-6-12-21-13-9-14-25(27)26(21)23-17-22(16-15-19(23)2)24(18-28)20-10-7-5-8-11-20;1-2-4-6-7-5-3-1;1-2/h5,7-11,13-17,24H,3-4,18,28H2,1-2H3;7H,1-6H2;1-2H3. The highest BCUT2D eigenvalue weighted by Crippen LogP contribution is 2.33. The molecule has 3 aromatic rings. The molecule has 0 spiro atoms. The van der Waals surface area contributed by atoms with Crippen LogP contribution < -0.4 is 11.1 Å². The lowest BCUT2D eigenvalue weighted by Crippen LogP contribution is -2.14. The van der Waals surface area contributed by atoms with Gasteiger partial charge in [-0.15, -0.1) is 0 Å². The van der Waals surface area contributed by atoms with Crippen LogP contribution >= 0.6 is 0 Å². The van der Waals surface area contributed by atoms with E-state index in [4.69, 9.17) is 5.73 Å². The van der Waals surface area contributed by atoms with E-state index in [9.17, 15) is 4.39 Å². The zero-order valence-corrected chi connectivity index (χ0v) is 23.2. The fraction of sp³-hybridized carbons (Fsp3) is 0.412. The van der Waals surface area contributed by atoms with E-state index < -0.39 is 0 Å². The number of unbranched alkanes of at least 4 members (excludes halogenated alkanes) is 1. The third kappa shape index (κ3) is 9.47. The van der Waals surface area contributed by atoms with E-state index in [2.05, 4.69) is 48.3 Å². The Labute approximate surface area is 224 Å². The molecule has 1 aliphatic heterocycles. The molecule has 1 aliphatic rings. The van der Waals surface area contributed by atoms with Crippen LogP contribution in [0.5, 0.6) is 0 Å². The maximum atomic E-state index is 14.9. The van der Waals surface area contributed by atoms with Gasteiger partial charge in [-0.1, -0.05) is 100 Å². The number of hydrogen-bond donors (Lipinski definition) is 2. The van der Waals surface area contributed by atoms with Crippen molar-refractivity contribution in [1.82, 2.24) is 5.32 Å². The van der Waals surface area contributed by atoms with Gasteiger partial charge in [0.15, 0.2) is 0 Å². The monoisotopic (exact) mass is 500 g/mol. The van der Waals surface area contributed by atoms with Crippen LogP contribution in [0.1, 0.15) is 87.5 Å². The summed E-state index contributed by atoms with van der Waals surface area (Å²) in [4.78, 5) is 0. The quantitative estimate of drug-likeness (QED) is 0.346. The zero-order valence-electron chi connectivity index (χ0n) is 23.2. The molecule has 0 aromatic heterocycles. The molecular formula is C34H45FN2. The van der Waals surface area contributed by atoms with Gasteiger partial charge in [0.05, 0.1) is 0 Å². The summed E-state index contributed by atoms with van der Waals surface area (Å²) in [6, 6.07) is 21.5. The number of aryl methyl sites for hydroxylation is 1. The van der Waals surface area contributed by atoms with Crippen molar-refractivity contribution >= 4 is 0 Å². The summed E-state index contributed by atoms with van der Waals surface area (Å²) in [5, 5.41) is 3.35. The predicted octanol–water partition coefficient (Wildman–Crippen LogP) is 8.22. The molecule has 1 saturated heterocycles. The van der Waals surface area contributed by atoms with Gasteiger partial charge in [-0.3, -0.25) is 0 Å². The molecule has 3 aromatic carbocycles. The van der Waals surface area contributed by atoms with E-state index in [0.717, 1.165) is 40.7 Å². The topological polar surface area (TPSA) is 38.0 Å². The van der Waals surface area contributed by atoms with Gasteiger partial charge in [-0.2, -0.15) is 0 Å². The van der Waals surface area contributed by atoms with Gasteiger partial charge in [0.2, 0.25) is 0 Å². The normalized spacial score (nSPS) is 13.5. The molecule has 3 N–H and O–H groups in total. The largest absolute Gasteiger partial charge is 0.330 e. The van der Waals surface area contributed by atoms with Gasteiger partial charge in [0, 0.05) is 30.0 Å². The lowest BCUT2D eigenvalue weighted by molar-refractivity contribution is 0.631. The van der Waals surface area contributed by atoms with Crippen molar-refractivity contribution in [2.45, 2.75) is 72.1 Å². The van der Waals surface area contributed by atoms with Crippen molar-refractivity contribution in [3.63, 3.8) is 0 Å². The molecule has 0 amide bonds. The van der Waals surface area contributed by atoms with Crippen LogP contribution in [0.4, 0.5) is 4.39 Å². The molecule has 3 heteroatoms. The van der Waals surface area contributed by atoms with Crippen molar-refractivity contribution < 1.29 is 4.39 Å². The fourth-order valence-corrected chi connectivity index (χ4v) is 4.44. The predicted molar refractivity (Wildman–Crippen MR) is 158 cm³/mol. The molecule has 0 radical (unpaired) electrons. The summed E-state index contributed by atoms with van der Waals surface area (Å²) in [6.45, 7) is 11.1. The highest BCUT2D eigenvalue weighted by Gasteiger charge is 2.17. The Kier molecular flexibility index (Phi) is 14.3. The number of hydrogen-bond acceptors (Lipinski definition) is 2. The second kappa shape index (κ2) is 17.5. The highest BCUT2D eigenvalue weighted by molar-refractivity contribution is 5.75. The number of nitrogens with one attached hydrogen (secondary N) is 1. The molecule has 1 atom stereocenters. The van der Waals surface area contributed by atoms with E-state index in [-0.39, 0.29) is 11.7 Å². The van der Waals surface area contributed by atoms with Crippen LogP contribution in [0, 0.1) is 24.6 Å². The minimum Gasteiger partial charge on any atom is -0.330 e. The first-order chi connectivity index (χ1) is 18.2. The summed E-state index contributed by atoms with van der Waals surface area (Å²) >= 11 is 0. The molecule has 37 heavy (non-hydrogen) atoms. The van der Waals surface area contributed by atoms with Gasteiger partial charge < -0.3 is 11.1 Å². The third-order valence-electron chi connectivity index (χ3n) is 6.44. The Morgan fingerprint density at radius 2 is 1.59 bits per heavy atom. The van der Waals surface area contributed by atoms with E-state index in [1.165, 1.54) is 44.8 Å². The van der Waals surface area contributed by atoms with Gasteiger partial charge in [0.1, 0.15) is 5.82 Å². The van der Waals surface area contributed by atoms with E-state index >= 15 is 0 Å². The van der Waals surface area contributed by atoms with Crippen LogP contribution in [0.25, 0.3) is 11.1 Å². The lowest BCUT2D eigenvalue weighted by atomic mass is 9.87. The van der Waals surface area contributed by atoms with Crippen LogP contribution in [0.3, 0.4) is 0 Å². The first kappa shape index (κ1) is 30.3. The summed E-state index contributed by atoms with van der Waals surface area (Å²) in [7, 11) is 0. The molecule has 1 heterocycles. The van der Waals surface area contributed by atoms with Crippen LogP contribution in [0.2, 0.25) is 0 Å². The molecule has 198 valence electrons. The van der Waals surface area contributed by atoms with Crippen molar-refractivity contribution in [2.75, 3.05) is 19.6 Å². The molecule has 4 rings (SSSR count). The molecule has 2 nitrogen and oxygen atoms in total.